The van der Waals surface area contributed by atoms with E-state index in [-0.39, 0.29) is 36.1 Å². The van der Waals surface area contributed by atoms with Crippen molar-refractivity contribution in [3.8, 4) is 17.1 Å². The van der Waals surface area contributed by atoms with Crippen molar-refractivity contribution in [2.75, 3.05) is 7.11 Å². The first-order valence-corrected chi connectivity index (χ1v) is 9.87. The molecule has 1 saturated carbocycles. The average molecular weight is 412 g/mol. The van der Waals surface area contributed by atoms with Crippen LogP contribution in [0.2, 0.25) is 0 Å². The second-order valence-corrected chi connectivity index (χ2v) is 7.40. The molecule has 2 aromatic carbocycles. The fourth-order valence-corrected chi connectivity index (χ4v) is 3.42. The van der Waals surface area contributed by atoms with Gasteiger partial charge in [0.25, 0.3) is 0 Å². The van der Waals surface area contributed by atoms with E-state index in [1.807, 2.05) is 24.3 Å². The summed E-state index contributed by atoms with van der Waals surface area (Å²) in [5, 5.41) is 3.11. The molecule has 5 nitrogen and oxygen atoms in total. The molecule has 7 heteroatoms. The number of methoxy groups -OCH3 is 1. The molecule has 0 saturated heterocycles. The average Bonchev–Trinajstić information content (AvgIpc) is 3.48. The minimum atomic E-state index is -0.720. The van der Waals surface area contributed by atoms with Gasteiger partial charge in [-0.2, -0.15) is 0 Å². The Hall–Kier alpha value is -3.22. The van der Waals surface area contributed by atoms with Crippen molar-refractivity contribution in [1.82, 2.24) is 10.3 Å². The fourth-order valence-electron chi connectivity index (χ4n) is 3.42. The molecule has 1 heterocycles. The molecular formula is C23H22F2N2O3. The number of nitrogens with zero attached hydrogens (tertiary/aromatic N) is 1. The van der Waals surface area contributed by atoms with E-state index < -0.39 is 11.6 Å². The topological polar surface area (TPSA) is 64.4 Å². The molecule has 4 rings (SSSR count). The molecule has 1 amide bonds. The van der Waals surface area contributed by atoms with Gasteiger partial charge in [0.1, 0.15) is 17.4 Å². The predicted octanol–water partition coefficient (Wildman–Crippen LogP) is 4.83. The highest BCUT2D eigenvalue weighted by atomic mass is 19.1. The molecule has 156 valence electrons. The third kappa shape index (κ3) is 4.67. The van der Waals surface area contributed by atoms with Crippen LogP contribution in [0.3, 0.4) is 0 Å². The second kappa shape index (κ2) is 8.65. The minimum Gasteiger partial charge on any atom is -0.497 e. The Bertz CT molecular complexity index is 1030. The summed E-state index contributed by atoms with van der Waals surface area (Å²) in [5.41, 5.74) is 1.18. The van der Waals surface area contributed by atoms with Crippen LogP contribution in [0.15, 0.2) is 53.1 Å². The molecule has 30 heavy (non-hydrogen) atoms. The molecule has 3 aromatic rings. The lowest BCUT2D eigenvalue weighted by molar-refractivity contribution is -0.122. The van der Waals surface area contributed by atoms with Crippen LogP contribution in [0.5, 0.6) is 5.75 Å². The molecule has 0 aliphatic heterocycles. The van der Waals surface area contributed by atoms with Crippen molar-refractivity contribution in [2.24, 2.45) is 5.92 Å². The normalized spacial score (nSPS) is 14.4. The van der Waals surface area contributed by atoms with E-state index >= 15 is 0 Å². The molecular weight excluding hydrogens is 390 g/mol. The van der Waals surface area contributed by atoms with Crippen LogP contribution in [0, 0.1) is 17.6 Å². The maximum atomic E-state index is 13.9. The Morgan fingerprint density at radius 1 is 1.23 bits per heavy atom. The smallest absolute Gasteiger partial charge is 0.221 e. The number of halogens is 2. The zero-order valence-electron chi connectivity index (χ0n) is 16.5. The van der Waals surface area contributed by atoms with Gasteiger partial charge in [-0.3, -0.25) is 4.79 Å². The van der Waals surface area contributed by atoms with E-state index in [9.17, 15) is 13.6 Å². The van der Waals surface area contributed by atoms with Gasteiger partial charge in [-0.25, -0.2) is 13.8 Å². The van der Waals surface area contributed by atoms with Gasteiger partial charge < -0.3 is 14.5 Å². The molecule has 0 spiro atoms. The first kappa shape index (κ1) is 20.1. The zero-order valence-corrected chi connectivity index (χ0v) is 16.5. The third-order valence-electron chi connectivity index (χ3n) is 5.20. The standard InChI is InChI=1S/C23H22F2N2O3/c1-29-17-7-4-15(5-8-17)23(14-2-3-14)27-21(28)10-11-22-26-13-20(30-22)18-9-6-16(24)12-19(18)25/h4-9,12-14,23H,2-3,10-11H2,1H3,(H,27,28). The first-order valence-electron chi connectivity index (χ1n) is 9.87. The molecule has 1 unspecified atom stereocenters. The van der Waals surface area contributed by atoms with Gasteiger partial charge in [-0.1, -0.05) is 12.1 Å². The summed E-state index contributed by atoms with van der Waals surface area (Å²) in [7, 11) is 1.62. The van der Waals surface area contributed by atoms with Gasteiger partial charge in [0.05, 0.1) is 24.9 Å². The van der Waals surface area contributed by atoms with Crippen LogP contribution in [0.4, 0.5) is 8.78 Å². The second-order valence-electron chi connectivity index (χ2n) is 7.40. The Labute approximate surface area is 173 Å². The molecule has 0 radical (unpaired) electrons. The van der Waals surface area contributed by atoms with Crippen molar-refractivity contribution in [3.63, 3.8) is 0 Å². The van der Waals surface area contributed by atoms with E-state index in [4.69, 9.17) is 9.15 Å². The van der Waals surface area contributed by atoms with Crippen LogP contribution in [0.25, 0.3) is 11.3 Å². The van der Waals surface area contributed by atoms with Crippen molar-refractivity contribution >= 4 is 5.91 Å². The van der Waals surface area contributed by atoms with Crippen LogP contribution in [0.1, 0.15) is 36.8 Å². The Morgan fingerprint density at radius 2 is 2.00 bits per heavy atom. The summed E-state index contributed by atoms with van der Waals surface area (Å²) in [4.78, 5) is 16.6. The summed E-state index contributed by atoms with van der Waals surface area (Å²) < 4.78 is 37.7. The van der Waals surface area contributed by atoms with Gasteiger partial charge >= 0.3 is 0 Å². The molecule has 1 fully saturated rings. The van der Waals surface area contributed by atoms with Crippen LogP contribution >= 0.6 is 0 Å². The molecule has 1 N–H and O–H groups in total. The van der Waals surface area contributed by atoms with Crippen LogP contribution in [-0.4, -0.2) is 18.0 Å². The Balaban J connectivity index is 1.36. The number of hydrogen-bond acceptors (Lipinski definition) is 4. The summed E-state index contributed by atoms with van der Waals surface area (Å²) >= 11 is 0. The number of ether oxygens (including phenoxy) is 1. The number of aromatic nitrogens is 1. The number of rotatable bonds is 8. The lowest BCUT2D eigenvalue weighted by Gasteiger charge is -2.19. The Morgan fingerprint density at radius 3 is 2.67 bits per heavy atom. The Kier molecular flexibility index (Phi) is 5.79. The van der Waals surface area contributed by atoms with Crippen molar-refractivity contribution in [3.05, 3.63) is 71.8 Å². The van der Waals surface area contributed by atoms with E-state index in [1.54, 1.807) is 7.11 Å². The molecule has 0 bridgehead atoms. The van der Waals surface area contributed by atoms with Crippen molar-refractivity contribution in [1.29, 1.82) is 0 Å². The summed E-state index contributed by atoms with van der Waals surface area (Å²) in [6.07, 6.45) is 4.04. The number of oxazole rings is 1. The largest absolute Gasteiger partial charge is 0.497 e. The van der Waals surface area contributed by atoms with E-state index in [1.165, 1.54) is 12.3 Å². The van der Waals surface area contributed by atoms with Gasteiger partial charge in [-0.05, 0) is 48.6 Å². The summed E-state index contributed by atoms with van der Waals surface area (Å²) in [5.74, 6) is 0.273. The number of benzene rings is 2. The fraction of sp³-hybridized carbons (Fsp3) is 0.304. The maximum Gasteiger partial charge on any atom is 0.221 e. The van der Waals surface area contributed by atoms with Crippen LogP contribution in [-0.2, 0) is 11.2 Å². The summed E-state index contributed by atoms with van der Waals surface area (Å²) in [6.45, 7) is 0. The molecule has 1 aliphatic rings. The van der Waals surface area contributed by atoms with Crippen LogP contribution < -0.4 is 10.1 Å². The van der Waals surface area contributed by atoms with Gasteiger partial charge in [0, 0.05) is 18.9 Å². The van der Waals surface area contributed by atoms with Crippen molar-refractivity contribution < 1.29 is 22.7 Å². The number of aryl methyl sites for hydroxylation is 1. The van der Waals surface area contributed by atoms with Gasteiger partial charge in [-0.15, -0.1) is 0 Å². The van der Waals surface area contributed by atoms with Gasteiger partial charge in [0.2, 0.25) is 5.91 Å². The predicted molar refractivity (Wildman–Crippen MR) is 107 cm³/mol. The molecule has 1 aromatic heterocycles. The van der Waals surface area contributed by atoms with Crippen molar-refractivity contribution in [2.45, 2.75) is 31.7 Å². The number of carbonyl (C=O) groups is 1. The number of hydrogen-bond donors (Lipinski definition) is 1. The maximum absolute atomic E-state index is 13.9. The quantitative estimate of drug-likeness (QED) is 0.576. The van der Waals surface area contributed by atoms with Gasteiger partial charge in [0.15, 0.2) is 11.7 Å². The summed E-state index contributed by atoms with van der Waals surface area (Å²) in [6, 6.07) is 10.9. The number of carbonyl (C=O) groups excluding carboxylic acids is 1. The SMILES string of the molecule is COc1ccc(C(NC(=O)CCc2ncc(-c3ccc(F)cc3F)o2)C2CC2)cc1. The highest BCUT2D eigenvalue weighted by molar-refractivity contribution is 5.76. The van der Waals surface area contributed by atoms with E-state index in [0.29, 0.717) is 11.8 Å². The minimum absolute atomic E-state index is 0.0307. The molecule has 1 aliphatic carbocycles. The molecule has 1 atom stereocenters. The number of nitrogens with one attached hydrogen (secondary N) is 1. The monoisotopic (exact) mass is 412 g/mol. The zero-order chi connectivity index (χ0) is 21.1. The third-order valence-corrected chi connectivity index (χ3v) is 5.20. The number of amides is 1. The highest BCUT2D eigenvalue weighted by Crippen LogP contribution is 2.41. The first-order chi connectivity index (χ1) is 14.5. The van der Waals surface area contributed by atoms with E-state index in [0.717, 1.165) is 36.3 Å². The highest BCUT2D eigenvalue weighted by Gasteiger charge is 2.33. The van der Waals surface area contributed by atoms with E-state index in [2.05, 4.69) is 10.3 Å². The lowest BCUT2D eigenvalue weighted by atomic mass is 10.0. The lowest BCUT2D eigenvalue weighted by Crippen LogP contribution is -2.30.